The Morgan fingerprint density at radius 1 is 1.11 bits per heavy atom. The first-order chi connectivity index (χ1) is 13.7. The maximum absolute atomic E-state index is 4.72. The molecule has 146 valence electrons. The zero-order valence-corrected chi connectivity index (χ0v) is 17.1. The first-order valence-corrected chi connectivity index (χ1v) is 10.8. The molecular weight excluding hydrogens is 344 g/mol. The van der Waals surface area contributed by atoms with Crippen molar-refractivity contribution in [2.45, 2.75) is 51.7 Å². The van der Waals surface area contributed by atoms with Gasteiger partial charge in [-0.15, -0.1) is 0 Å². The summed E-state index contributed by atoms with van der Waals surface area (Å²) in [5.74, 6) is 1.04. The minimum absolute atomic E-state index is 0.768. The Morgan fingerprint density at radius 2 is 1.93 bits per heavy atom. The van der Waals surface area contributed by atoms with Gasteiger partial charge in [0.25, 0.3) is 0 Å². The van der Waals surface area contributed by atoms with Gasteiger partial charge < -0.3 is 9.80 Å². The number of para-hydroxylation sites is 2. The van der Waals surface area contributed by atoms with Gasteiger partial charge in [-0.25, -0.2) is 4.98 Å². The fourth-order valence-electron chi connectivity index (χ4n) is 5.71. The average Bonchev–Trinajstić information content (AvgIpc) is 3.42. The van der Waals surface area contributed by atoms with Crippen molar-refractivity contribution in [3.05, 3.63) is 59.9 Å². The summed E-state index contributed by atoms with van der Waals surface area (Å²) in [6.45, 7) is 9.43. The lowest BCUT2D eigenvalue weighted by molar-refractivity contribution is -0.970. The Kier molecular flexibility index (Phi) is 4.48. The molecule has 3 aromatic rings. The third-order valence-electron chi connectivity index (χ3n) is 7.24. The number of benzene rings is 2. The van der Waals surface area contributed by atoms with Crippen LogP contribution in [0.25, 0.3) is 16.7 Å². The molecule has 3 heterocycles. The number of aromatic nitrogens is 2. The van der Waals surface area contributed by atoms with Gasteiger partial charge in [-0.05, 0) is 38.1 Å². The van der Waals surface area contributed by atoms with Gasteiger partial charge in [-0.1, -0.05) is 24.3 Å². The molecule has 2 aromatic carbocycles. The quantitative estimate of drug-likeness (QED) is 0.693. The molecule has 2 saturated heterocycles. The van der Waals surface area contributed by atoms with Crippen molar-refractivity contribution < 1.29 is 4.48 Å². The number of likely N-dealkylation sites (tertiary alicyclic amines) is 1. The standard InChI is InChI=1S/C24H31N4/c1-18-6-5-15-28(18,22-13-14-25-16-22)17-20-9-11-21(12-10-20)27-19(2)26-23-7-3-4-8-24(23)27/h3-4,7-12,18,22,25H,5-6,13-17H2,1-2H3/q+1/t18-,22-,28?/m0/s1. The van der Waals surface area contributed by atoms with Crippen LogP contribution in [0.15, 0.2) is 48.5 Å². The number of nitrogens with one attached hydrogen (secondary N) is 1. The van der Waals surface area contributed by atoms with Crippen molar-refractivity contribution in [3.63, 3.8) is 0 Å². The number of imidazole rings is 1. The molecule has 4 heteroatoms. The lowest BCUT2D eigenvalue weighted by Crippen LogP contribution is -2.57. The number of nitrogens with zero attached hydrogens (tertiary/aromatic N) is 3. The van der Waals surface area contributed by atoms with E-state index < -0.39 is 0 Å². The second kappa shape index (κ2) is 7.02. The third-order valence-corrected chi connectivity index (χ3v) is 7.24. The van der Waals surface area contributed by atoms with Gasteiger partial charge in [0.05, 0.1) is 23.6 Å². The van der Waals surface area contributed by atoms with Crippen LogP contribution in [0, 0.1) is 6.92 Å². The molecule has 5 rings (SSSR count). The molecule has 2 aliphatic heterocycles. The van der Waals surface area contributed by atoms with Gasteiger partial charge in [-0.2, -0.15) is 0 Å². The molecule has 0 aliphatic carbocycles. The highest BCUT2D eigenvalue weighted by atomic mass is 15.4. The topological polar surface area (TPSA) is 29.9 Å². The Bertz CT molecular complexity index is 968. The SMILES string of the molecule is Cc1nc2ccccc2n1-c1ccc(C[N+]2([C@H]3CCNC3)CCC[C@@H]2C)cc1. The van der Waals surface area contributed by atoms with E-state index in [0.29, 0.717) is 0 Å². The predicted octanol–water partition coefficient (Wildman–Crippen LogP) is 4.19. The first-order valence-electron chi connectivity index (χ1n) is 10.8. The van der Waals surface area contributed by atoms with Crippen LogP contribution < -0.4 is 5.32 Å². The minimum Gasteiger partial charge on any atom is -0.314 e. The molecule has 0 amide bonds. The van der Waals surface area contributed by atoms with E-state index >= 15 is 0 Å². The summed E-state index contributed by atoms with van der Waals surface area (Å²) in [6, 6.07) is 19.2. The highest BCUT2D eigenvalue weighted by Gasteiger charge is 2.46. The fraction of sp³-hybridized carbons (Fsp3) is 0.458. The van der Waals surface area contributed by atoms with Gasteiger partial charge in [-0.3, -0.25) is 4.57 Å². The highest BCUT2D eigenvalue weighted by molar-refractivity contribution is 5.78. The number of hydrogen-bond acceptors (Lipinski definition) is 2. The van der Waals surface area contributed by atoms with E-state index in [4.69, 9.17) is 4.98 Å². The Morgan fingerprint density at radius 3 is 2.64 bits per heavy atom. The summed E-state index contributed by atoms with van der Waals surface area (Å²) in [7, 11) is 0. The Balaban J connectivity index is 1.45. The molecule has 28 heavy (non-hydrogen) atoms. The summed E-state index contributed by atoms with van der Waals surface area (Å²) in [4.78, 5) is 4.72. The number of aryl methyl sites for hydroxylation is 1. The lowest BCUT2D eigenvalue weighted by atomic mass is 10.1. The van der Waals surface area contributed by atoms with Crippen LogP contribution in [-0.2, 0) is 6.54 Å². The molecule has 3 atom stereocenters. The molecular formula is C24H31N4+. The van der Waals surface area contributed by atoms with E-state index in [9.17, 15) is 0 Å². The van der Waals surface area contributed by atoms with Crippen LogP contribution in [0.2, 0.25) is 0 Å². The molecule has 0 radical (unpaired) electrons. The average molecular weight is 376 g/mol. The van der Waals surface area contributed by atoms with E-state index in [-0.39, 0.29) is 0 Å². The predicted molar refractivity (Wildman–Crippen MR) is 115 cm³/mol. The summed E-state index contributed by atoms with van der Waals surface area (Å²) in [5, 5.41) is 3.61. The van der Waals surface area contributed by atoms with Crippen LogP contribution in [0.1, 0.15) is 37.6 Å². The summed E-state index contributed by atoms with van der Waals surface area (Å²) in [6.07, 6.45) is 4.06. The van der Waals surface area contributed by atoms with Crippen molar-refractivity contribution in [2.24, 2.45) is 0 Å². The normalized spacial score (nSPS) is 27.6. The van der Waals surface area contributed by atoms with Crippen LogP contribution in [0.4, 0.5) is 0 Å². The van der Waals surface area contributed by atoms with E-state index in [1.165, 1.54) is 60.1 Å². The van der Waals surface area contributed by atoms with Crippen molar-refractivity contribution in [1.82, 2.24) is 14.9 Å². The molecule has 0 bridgehead atoms. The zero-order chi connectivity index (χ0) is 19.1. The number of rotatable bonds is 4. The summed E-state index contributed by atoms with van der Waals surface area (Å²) >= 11 is 0. The molecule has 1 aromatic heterocycles. The van der Waals surface area contributed by atoms with Gasteiger partial charge in [0.2, 0.25) is 0 Å². The highest BCUT2D eigenvalue weighted by Crippen LogP contribution is 2.35. The van der Waals surface area contributed by atoms with Gasteiger partial charge in [0, 0.05) is 43.6 Å². The Hall–Kier alpha value is -2.17. The molecule has 0 saturated carbocycles. The first kappa shape index (κ1) is 17.9. The van der Waals surface area contributed by atoms with Crippen molar-refractivity contribution in [1.29, 1.82) is 0 Å². The van der Waals surface area contributed by atoms with Crippen LogP contribution in [0.5, 0.6) is 0 Å². The van der Waals surface area contributed by atoms with Crippen molar-refractivity contribution in [2.75, 3.05) is 19.6 Å². The van der Waals surface area contributed by atoms with Gasteiger partial charge in [0.1, 0.15) is 18.4 Å². The lowest BCUT2D eigenvalue weighted by Gasteiger charge is -2.44. The number of quaternary nitrogens is 1. The van der Waals surface area contributed by atoms with Gasteiger partial charge in [0.15, 0.2) is 0 Å². The third kappa shape index (κ3) is 2.87. The van der Waals surface area contributed by atoms with Crippen LogP contribution in [-0.4, -0.2) is 45.8 Å². The van der Waals surface area contributed by atoms with E-state index in [1.54, 1.807) is 0 Å². The Labute approximate surface area is 167 Å². The van der Waals surface area contributed by atoms with Crippen molar-refractivity contribution >= 4 is 11.0 Å². The largest absolute Gasteiger partial charge is 0.314 e. The second-order valence-electron chi connectivity index (χ2n) is 8.77. The molecule has 0 spiro atoms. The van der Waals surface area contributed by atoms with E-state index in [2.05, 4.69) is 72.3 Å². The van der Waals surface area contributed by atoms with Crippen LogP contribution in [0.3, 0.4) is 0 Å². The molecule has 1 N–H and O–H groups in total. The molecule has 2 aliphatic rings. The zero-order valence-electron chi connectivity index (χ0n) is 17.1. The molecule has 4 nitrogen and oxygen atoms in total. The maximum Gasteiger partial charge on any atom is 0.111 e. The monoisotopic (exact) mass is 375 g/mol. The van der Waals surface area contributed by atoms with E-state index in [1.807, 2.05) is 0 Å². The summed E-state index contributed by atoms with van der Waals surface area (Å²) < 4.78 is 3.54. The van der Waals surface area contributed by atoms with E-state index in [0.717, 1.165) is 30.0 Å². The molecule has 1 unspecified atom stereocenters. The minimum atomic E-state index is 0.768. The van der Waals surface area contributed by atoms with Crippen molar-refractivity contribution in [3.8, 4) is 5.69 Å². The van der Waals surface area contributed by atoms with Gasteiger partial charge >= 0.3 is 0 Å². The van der Waals surface area contributed by atoms with Crippen LogP contribution >= 0.6 is 0 Å². The number of fused-ring (bicyclic) bond motifs is 1. The second-order valence-corrected chi connectivity index (χ2v) is 8.77. The maximum atomic E-state index is 4.72. The smallest absolute Gasteiger partial charge is 0.111 e. The summed E-state index contributed by atoms with van der Waals surface area (Å²) in [5.41, 5.74) is 4.92. The number of hydrogen-bond donors (Lipinski definition) is 1. The molecule has 2 fully saturated rings. The fourth-order valence-corrected chi connectivity index (χ4v) is 5.71.